The number of anilines is 1. The van der Waals surface area contributed by atoms with Crippen LogP contribution in [0.3, 0.4) is 0 Å². The van der Waals surface area contributed by atoms with Crippen molar-refractivity contribution in [1.82, 2.24) is 4.31 Å². The summed E-state index contributed by atoms with van der Waals surface area (Å²) in [5, 5.41) is 2.59. The molecule has 1 aliphatic rings. The van der Waals surface area contributed by atoms with Crippen molar-refractivity contribution in [2.75, 3.05) is 26.0 Å². The van der Waals surface area contributed by atoms with Crippen LogP contribution in [0, 0.1) is 12.8 Å². The molecular weight excluding hydrogens is 436 g/mol. The van der Waals surface area contributed by atoms with Crippen molar-refractivity contribution in [3.63, 3.8) is 0 Å². The van der Waals surface area contributed by atoms with E-state index in [9.17, 15) is 18.0 Å². The number of amides is 1. The van der Waals surface area contributed by atoms with Gasteiger partial charge < -0.3 is 10.1 Å². The largest absolute Gasteiger partial charge is 0.451 e. The summed E-state index contributed by atoms with van der Waals surface area (Å²) in [7, 11) is -0.740. The Morgan fingerprint density at radius 3 is 2.68 bits per heavy atom. The topological polar surface area (TPSA) is 92.8 Å². The zero-order valence-corrected chi connectivity index (χ0v) is 19.9. The molecule has 0 fully saturated rings. The van der Waals surface area contributed by atoms with Gasteiger partial charge in [-0.2, -0.15) is 0 Å². The molecule has 1 N–H and O–H groups in total. The van der Waals surface area contributed by atoms with E-state index in [2.05, 4.69) is 12.2 Å². The fourth-order valence-corrected chi connectivity index (χ4v) is 5.85. The summed E-state index contributed by atoms with van der Waals surface area (Å²) in [6, 6.07) is 6.53. The number of esters is 1. The highest BCUT2D eigenvalue weighted by molar-refractivity contribution is 7.89. The van der Waals surface area contributed by atoms with E-state index in [-0.39, 0.29) is 4.90 Å². The monoisotopic (exact) mass is 464 g/mol. The lowest BCUT2D eigenvalue weighted by Crippen LogP contribution is -2.24. The zero-order valence-electron chi connectivity index (χ0n) is 18.2. The van der Waals surface area contributed by atoms with Crippen molar-refractivity contribution in [3.05, 3.63) is 45.1 Å². The highest BCUT2D eigenvalue weighted by Gasteiger charge is 2.23. The van der Waals surface area contributed by atoms with Crippen molar-refractivity contribution in [2.45, 2.75) is 44.4 Å². The third kappa shape index (κ3) is 5.34. The van der Waals surface area contributed by atoms with Crippen LogP contribution in [-0.4, -0.2) is 45.3 Å². The number of nitrogens with zero attached hydrogens (tertiary/aromatic N) is 1. The molecule has 0 spiro atoms. The zero-order chi connectivity index (χ0) is 22.8. The summed E-state index contributed by atoms with van der Waals surface area (Å²) >= 11 is 1.44. The van der Waals surface area contributed by atoms with Crippen LogP contribution in [0.15, 0.2) is 29.2 Å². The van der Waals surface area contributed by atoms with Gasteiger partial charge in [0.1, 0.15) is 4.88 Å². The molecule has 1 atom stereocenters. The van der Waals surface area contributed by atoms with Gasteiger partial charge in [0.2, 0.25) is 10.0 Å². The van der Waals surface area contributed by atoms with Crippen LogP contribution < -0.4 is 5.32 Å². The third-order valence-corrected chi connectivity index (χ3v) is 8.70. The van der Waals surface area contributed by atoms with Gasteiger partial charge in [0.05, 0.1) is 4.90 Å². The number of thiophene rings is 1. The van der Waals surface area contributed by atoms with E-state index in [0.29, 0.717) is 22.0 Å². The summed E-state index contributed by atoms with van der Waals surface area (Å²) in [4.78, 5) is 26.5. The summed E-state index contributed by atoms with van der Waals surface area (Å²) in [5.74, 6) is -0.382. The first-order valence-electron chi connectivity index (χ1n) is 10.2. The molecule has 7 nitrogen and oxygen atoms in total. The number of aryl methyl sites for hydroxylation is 2. The average molecular weight is 465 g/mol. The van der Waals surface area contributed by atoms with Crippen LogP contribution >= 0.6 is 11.3 Å². The number of fused-ring (bicyclic) bond motifs is 1. The molecule has 1 heterocycles. The highest BCUT2D eigenvalue weighted by atomic mass is 32.2. The lowest BCUT2D eigenvalue weighted by molar-refractivity contribution is -0.119. The second kappa shape index (κ2) is 9.50. The second-order valence-electron chi connectivity index (χ2n) is 7.97. The molecule has 31 heavy (non-hydrogen) atoms. The number of benzene rings is 1. The number of ether oxygens (including phenoxy) is 1. The first-order valence-corrected chi connectivity index (χ1v) is 12.5. The quantitative estimate of drug-likeness (QED) is 0.632. The highest BCUT2D eigenvalue weighted by Crippen LogP contribution is 2.33. The molecule has 1 aromatic carbocycles. The van der Waals surface area contributed by atoms with Crippen molar-refractivity contribution < 1.29 is 22.7 Å². The number of hydrogen-bond acceptors (Lipinski definition) is 6. The number of sulfonamides is 1. The molecule has 1 aromatic heterocycles. The summed E-state index contributed by atoms with van der Waals surface area (Å²) in [5.41, 5.74) is 2.11. The van der Waals surface area contributed by atoms with Crippen molar-refractivity contribution in [2.24, 2.45) is 5.92 Å². The molecule has 1 unspecified atom stereocenters. The van der Waals surface area contributed by atoms with Gasteiger partial charge in [-0.25, -0.2) is 17.5 Å². The minimum Gasteiger partial charge on any atom is -0.451 e. The minimum absolute atomic E-state index is 0.113. The van der Waals surface area contributed by atoms with Crippen LogP contribution in [0.5, 0.6) is 0 Å². The van der Waals surface area contributed by atoms with Gasteiger partial charge in [0.15, 0.2) is 6.61 Å². The molecule has 1 amide bonds. The SMILES string of the molecule is CCC1CCc2sc(C(=O)OCC(=O)Nc3ccc(C)c(S(=O)(=O)N(C)C)c3)cc2C1. The Morgan fingerprint density at radius 2 is 2.00 bits per heavy atom. The van der Waals surface area contributed by atoms with Crippen LogP contribution in [-0.2, 0) is 32.4 Å². The lowest BCUT2D eigenvalue weighted by atomic mass is 9.87. The molecule has 0 saturated carbocycles. The Balaban J connectivity index is 1.61. The van der Waals surface area contributed by atoms with Crippen molar-refractivity contribution in [3.8, 4) is 0 Å². The van der Waals surface area contributed by atoms with Gasteiger partial charge in [-0.15, -0.1) is 11.3 Å². The second-order valence-corrected chi connectivity index (χ2v) is 11.2. The average Bonchev–Trinajstić information content (AvgIpc) is 3.16. The fraction of sp³-hybridized carbons (Fsp3) is 0.455. The molecule has 168 valence electrons. The molecule has 0 saturated heterocycles. The maximum atomic E-state index is 12.4. The van der Waals surface area contributed by atoms with Crippen molar-refractivity contribution >= 4 is 38.9 Å². The minimum atomic E-state index is -3.64. The Labute approximate surface area is 187 Å². The Morgan fingerprint density at radius 1 is 1.26 bits per heavy atom. The van der Waals surface area contributed by atoms with Gasteiger partial charge in [0, 0.05) is 24.7 Å². The van der Waals surface area contributed by atoms with Crippen LogP contribution in [0.4, 0.5) is 5.69 Å². The van der Waals surface area contributed by atoms with E-state index in [1.54, 1.807) is 19.1 Å². The van der Waals surface area contributed by atoms with E-state index in [0.717, 1.165) is 30.0 Å². The van der Waals surface area contributed by atoms with E-state index in [1.807, 2.05) is 6.07 Å². The first-order chi connectivity index (χ1) is 14.6. The number of carbonyl (C=O) groups is 2. The maximum Gasteiger partial charge on any atom is 0.348 e. The molecule has 9 heteroatoms. The Bertz CT molecular complexity index is 1090. The molecule has 0 aliphatic heterocycles. The number of hydrogen-bond donors (Lipinski definition) is 1. The molecule has 3 rings (SSSR count). The molecule has 2 aromatic rings. The lowest BCUT2D eigenvalue weighted by Gasteiger charge is -2.19. The molecular formula is C22H28N2O5S2. The summed E-state index contributed by atoms with van der Waals surface area (Å²) in [6.45, 7) is 3.43. The number of carbonyl (C=O) groups excluding carboxylic acids is 2. The Hall–Kier alpha value is -2.23. The van der Waals surface area contributed by atoms with E-state index in [4.69, 9.17) is 4.74 Å². The van der Waals surface area contributed by atoms with Crippen LogP contribution in [0.1, 0.15) is 45.4 Å². The standard InChI is InChI=1S/C22H28N2O5S2/c1-5-15-7-9-18-16(10-15)11-19(30-18)22(26)29-13-21(25)23-17-8-6-14(2)20(12-17)31(27,28)24(3)4/h6,8,11-12,15H,5,7,9-10,13H2,1-4H3,(H,23,25). The number of nitrogens with one attached hydrogen (secondary N) is 1. The van der Waals surface area contributed by atoms with Gasteiger partial charge in [0.25, 0.3) is 5.91 Å². The molecule has 0 bridgehead atoms. The normalized spacial score (nSPS) is 16.1. The molecule has 1 aliphatic carbocycles. The molecule has 0 radical (unpaired) electrons. The predicted molar refractivity (Wildman–Crippen MR) is 121 cm³/mol. The van der Waals surface area contributed by atoms with Gasteiger partial charge >= 0.3 is 5.97 Å². The smallest absolute Gasteiger partial charge is 0.348 e. The summed E-state index contributed by atoms with van der Waals surface area (Å²) in [6.07, 6.45) is 4.24. The number of rotatable bonds is 7. The van der Waals surface area contributed by atoms with Gasteiger partial charge in [-0.1, -0.05) is 19.4 Å². The van der Waals surface area contributed by atoms with Gasteiger partial charge in [-0.05, 0) is 61.4 Å². The van der Waals surface area contributed by atoms with Crippen molar-refractivity contribution in [1.29, 1.82) is 0 Å². The Kier molecular flexibility index (Phi) is 7.18. The van der Waals surface area contributed by atoms with E-state index >= 15 is 0 Å². The predicted octanol–water partition coefficient (Wildman–Crippen LogP) is 3.62. The van der Waals surface area contributed by atoms with Crippen LogP contribution in [0.2, 0.25) is 0 Å². The van der Waals surface area contributed by atoms with Gasteiger partial charge in [-0.3, -0.25) is 4.79 Å². The van der Waals surface area contributed by atoms with Crippen LogP contribution in [0.25, 0.3) is 0 Å². The van der Waals surface area contributed by atoms with E-state index < -0.39 is 28.5 Å². The first kappa shape index (κ1) is 23.4. The maximum absolute atomic E-state index is 12.4. The van der Waals surface area contributed by atoms with E-state index in [1.165, 1.54) is 41.9 Å². The summed E-state index contributed by atoms with van der Waals surface area (Å²) < 4.78 is 31.2. The third-order valence-electron chi connectivity index (χ3n) is 5.53. The fourth-order valence-electron chi connectivity index (χ4n) is 3.60.